The van der Waals surface area contributed by atoms with Crippen LogP contribution in [0.3, 0.4) is 0 Å². The second-order valence-electron chi connectivity index (χ2n) is 5.11. The summed E-state index contributed by atoms with van der Waals surface area (Å²) >= 11 is 0. The quantitative estimate of drug-likeness (QED) is 0.917. The molecule has 0 amide bonds. The van der Waals surface area contributed by atoms with Crippen molar-refractivity contribution in [1.82, 2.24) is 4.90 Å². The van der Waals surface area contributed by atoms with Gasteiger partial charge in [-0.15, -0.1) is 12.4 Å². The Hall–Kier alpha value is -0.640. The van der Waals surface area contributed by atoms with Crippen LogP contribution >= 0.6 is 12.4 Å². The van der Waals surface area contributed by atoms with Crippen molar-refractivity contribution >= 4 is 12.4 Å². The summed E-state index contributed by atoms with van der Waals surface area (Å²) in [5.41, 5.74) is 6.79. The third kappa shape index (κ3) is 3.22. The highest BCUT2D eigenvalue weighted by molar-refractivity contribution is 5.85. The SMILES string of the molecule is CC1CC(CN)CN1C(C)c1cccc(F)c1.Cl. The molecule has 18 heavy (non-hydrogen) atoms. The summed E-state index contributed by atoms with van der Waals surface area (Å²) < 4.78 is 13.2. The van der Waals surface area contributed by atoms with Gasteiger partial charge < -0.3 is 5.73 Å². The van der Waals surface area contributed by atoms with Crippen molar-refractivity contribution in [3.05, 3.63) is 35.6 Å². The Kier molecular flexibility index (Phi) is 5.57. The van der Waals surface area contributed by atoms with Gasteiger partial charge in [0.1, 0.15) is 5.82 Å². The van der Waals surface area contributed by atoms with E-state index < -0.39 is 0 Å². The Morgan fingerprint density at radius 1 is 1.50 bits per heavy atom. The van der Waals surface area contributed by atoms with Crippen molar-refractivity contribution < 1.29 is 4.39 Å². The molecule has 1 aliphatic rings. The highest BCUT2D eigenvalue weighted by Crippen LogP contribution is 2.31. The van der Waals surface area contributed by atoms with Gasteiger partial charge in [-0.25, -0.2) is 4.39 Å². The monoisotopic (exact) mass is 272 g/mol. The average Bonchev–Trinajstić information content (AvgIpc) is 2.69. The number of likely N-dealkylation sites (tertiary alicyclic amines) is 1. The lowest BCUT2D eigenvalue weighted by Crippen LogP contribution is -2.30. The lowest BCUT2D eigenvalue weighted by molar-refractivity contribution is 0.200. The van der Waals surface area contributed by atoms with Crippen LogP contribution in [-0.2, 0) is 0 Å². The molecule has 1 aromatic rings. The predicted molar refractivity (Wildman–Crippen MR) is 75.4 cm³/mol. The third-order valence-electron chi connectivity index (χ3n) is 3.87. The van der Waals surface area contributed by atoms with E-state index in [2.05, 4.69) is 18.7 Å². The fraction of sp³-hybridized carbons (Fsp3) is 0.571. The number of halogens is 2. The second kappa shape index (κ2) is 6.50. The molecule has 1 heterocycles. The van der Waals surface area contributed by atoms with Gasteiger partial charge >= 0.3 is 0 Å². The maximum atomic E-state index is 13.2. The fourth-order valence-corrected chi connectivity index (χ4v) is 2.84. The zero-order valence-electron chi connectivity index (χ0n) is 11.0. The van der Waals surface area contributed by atoms with Gasteiger partial charge in [0, 0.05) is 18.6 Å². The Bertz CT molecular complexity index is 386. The van der Waals surface area contributed by atoms with Gasteiger partial charge in [0.15, 0.2) is 0 Å². The first kappa shape index (κ1) is 15.4. The molecule has 1 fully saturated rings. The Balaban J connectivity index is 0.00000162. The van der Waals surface area contributed by atoms with Crippen LogP contribution in [0.2, 0.25) is 0 Å². The number of hydrogen-bond donors (Lipinski definition) is 1. The van der Waals surface area contributed by atoms with Crippen LogP contribution in [0.5, 0.6) is 0 Å². The number of benzene rings is 1. The molecular formula is C14H22ClFN2. The van der Waals surface area contributed by atoms with Crippen molar-refractivity contribution in [3.8, 4) is 0 Å². The van der Waals surface area contributed by atoms with Crippen molar-refractivity contribution in [1.29, 1.82) is 0 Å². The molecular weight excluding hydrogens is 251 g/mol. The van der Waals surface area contributed by atoms with Crippen LogP contribution in [0.1, 0.15) is 31.9 Å². The molecule has 2 nitrogen and oxygen atoms in total. The molecule has 3 atom stereocenters. The van der Waals surface area contributed by atoms with E-state index in [1.165, 1.54) is 6.07 Å². The first-order chi connectivity index (χ1) is 8.11. The zero-order valence-corrected chi connectivity index (χ0v) is 11.8. The summed E-state index contributed by atoms with van der Waals surface area (Å²) in [7, 11) is 0. The number of nitrogens with zero attached hydrogens (tertiary/aromatic N) is 1. The summed E-state index contributed by atoms with van der Waals surface area (Å²) in [5.74, 6) is 0.428. The Labute approximate surface area is 115 Å². The van der Waals surface area contributed by atoms with Crippen molar-refractivity contribution in [3.63, 3.8) is 0 Å². The zero-order chi connectivity index (χ0) is 12.4. The summed E-state index contributed by atoms with van der Waals surface area (Å²) in [6.45, 7) is 6.14. The number of nitrogens with two attached hydrogens (primary N) is 1. The molecule has 0 saturated carbocycles. The maximum Gasteiger partial charge on any atom is 0.123 e. The van der Waals surface area contributed by atoms with Crippen LogP contribution in [0.25, 0.3) is 0 Å². The first-order valence-corrected chi connectivity index (χ1v) is 6.33. The molecule has 0 radical (unpaired) electrons. The van der Waals surface area contributed by atoms with E-state index in [0.717, 1.165) is 25.1 Å². The van der Waals surface area contributed by atoms with Crippen molar-refractivity contribution in [2.75, 3.05) is 13.1 Å². The van der Waals surface area contributed by atoms with E-state index in [4.69, 9.17) is 5.73 Å². The fourth-order valence-electron chi connectivity index (χ4n) is 2.84. The Morgan fingerprint density at radius 3 is 2.78 bits per heavy atom. The van der Waals surface area contributed by atoms with E-state index in [1.807, 2.05) is 6.07 Å². The van der Waals surface area contributed by atoms with E-state index in [-0.39, 0.29) is 24.3 Å². The number of rotatable bonds is 3. The van der Waals surface area contributed by atoms with E-state index in [9.17, 15) is 4.39 Å². The largest absolute Gasteiger partial charge is 0.330 e. The maximum absolute atomic E-state index is 13.2. The molecule has 1 aromatic carbocycles. The standard InChI is InChI=1S/C14H21FN2.ClH/c1-10-6-12(8-16)9-17(10)11(2)13-4-3-5-14(15)7-13;/h3-5,7,10-12H,6,8-9,16H2,1-2H3;1H. The molecule has 0 spiro atoms. The van der Waals surface area contributed by atoms with Gasteiger partial charge in [-0.1, -0.05) is 12.1 Å². The summed E-state index contributed by atoms with van der Waals surface area (Å²) in [6, 6.07) is 7.69. The molecule has 3 unspecified atom stereocenters. The van der Waals surface area contributed by atoms with E-state index >= 15 is 0 Å². The average molecular weight is 273 g/mol. The van der Waals surface area contributed by atoms with Gasteiger partial charge in [0.2, 0.25) is 0 Å². The van der Waals surface area contributed by atoms with Crippen molar-refractivity contribution in [2.24, 2.45) is 11.7 Å². The summed E-state index contributed by atoms with van der Waals surface area (Å²) in [4.78, 5) is 2.42. The molecule has 2 rings (SSSR count). The van der Waals surface area contributed by atoms with Gasteiger partial charge in [-0.05, 0) is 50.4 Å². The van der Waals surface area contributed by atoms with Gasteiger partial charge in [0.25, 0.3) is 0 Å². The smallest absolute Gasteiger partial charge is 0.123 e. The van der Waals surface area contributed by atoms with Crippen LogP contribution in [0.4, 0.5) is 4.39 Å². The van der Waals surface area contributed by atoms with Crippen LogP contribution in [0.15, 0.2) is 24.3 Å². The van der Waals surface area contributed by atoms with Gasteiger partial charge in [-0.2, -0.15) is 0 Å². The minimum atomic E-state index is -0.156. The first-order valence-electron chi connectivity index (χ1n) is 6.33. The normalized spacial score (nSPS) is 25.8. The molecule has 0 bridgehead atoms. The topological polar surface area (TPSA) is 29.3 Å². The van der Waals surface area contributed by atoms with Gasteiger partial charge in [-0.3, -0.25) is 4.90 Å². The second-order valence-corrected chi connectivity index (χ2v) is 5.11. The molecule has 1 saturated heterocycles. The van der Waals surface area contributed by atoms with Crippen LogP contribution < -0.4 is 5.73 Å². The van der Waals surface area contributed by atoms with E-state index in [1.54, 1.807) is 12.1 Å². The minimum Gasteiger partial charge on any atom is -0.330 e. The molecule has 0 aromatic heterocycles. The molecule has 0 aliphatic carbocycles. The number of hydrogen-bond acceptors (Lipinski definition) is 2. The van der Waals surface area contributed by atoms with Crippen LogP contribution in [0, 0.1) is 11.7 Å². The molecule has 102 valence electrons. The lowest BCUT2D eigenvalue weighted by atomic mass is 10.1. The summed E-state index contributed by atoms with van der Waals surface area (Å²) in [5, 5.41) is 0. The van der Waals surface area contributed by atoms with Gasteiger partial charge in [0.05, 0.1) is 0 Å². The molecule has 2 N–H and O–H groups in total. The van der Waals surface area contributed by atoms with Crippen molar-refractivity contribution in [2.45, 2.75) is 32.4 Å². The summed E-state index contributed by atoms with van der Waals surface area (Å²) in [6.07, 6.45) is 1.15. The lowest BCUT2D eigenvalue weighted by Gasteiger charge is -2.29. The highest BCUT2D eigenvalue weighted by atomic mass is 35.5. The minimum absolute atomic E-state index is 0. The van der Waals surface area contributed by atoms with Crippen LogP contribution in [-0.4, -0.2) is 24.0 Å². The predicted octanol–water partition coefficient (Wildman–Crippen LogP) is 2.98. The highest BCUT2D eigenvalue weighted by Gasteiger charge is 2.31. The molecule has 1 aliphatic heterocycles. The Morgan fingerprint density at radius 2 is 2.22 bits per heavy atom. The van der Waals surface area contributed by atoms with E-state index in [0.29, 0.717) is 12.0 Å². The molecule has 4 heteroatoms. The third-order valence-corrected chi connectivity index (χ3v) is 3.87.